The average Bonchev–Trinajstić information content (AvgIpc) is 3.15. The van der Waals surface area contributed by atoms with Gasteiger partial charge in [0, 0.05) is 4.88 Å². The highest BCUT2D eigenvalue weighted by Crippen LogP contribution is 2.28. The van der Waals surface area contributed by atoms with Crippen molar-refractivity contribution in [3.05, 3.63) is 58.0 Å². The first-order valence-corrected chi connectivity index (χ1v) is 9.94. The molecule has 7 heteroatoms. The zero-order chi connectivity index (χ0) is 16.4. The molecule has 2 heterocycles. The smallest absolute Gasteiger partial charge is 0.224 e. The number of sulfone groups is 1. The molecule has 0 saturated carbocycles. The molecule has 1 saturated heterocycles. The van der Waals surface area contributed by atoms with Crippen LogP contribution in [0.5, 0.6) is 0 Å². The van der Waals surface area contributed by atoms with E-state index in [2.05, 4.69) is 5.32 Å². The molecule has 1 aliphatic heterocycles. The van der Waals surface area contributed by atoms with Crippen LogP contribution < -0.4 is 5.32 Å². The van der Waals surface area contributed by atoms with Gasteiger partial charge in [-0.25, -0.2) is 12.8 Å². The zero-order valence-corrected chi connectivity index (χ0v) is 13.9. The molecule has 0 aliphatic carbocycles. The van der Waals surface area contributed by atoms with Crippen LogP contribution in [0, 0.1) is 11.7 Å². The number of carbonyl (C=O) groups excluding carboxylic acids is 1. The second kappa shape index (κ2) is 6.41. The van der Waals surface area contributed by atoms with Gasteiger partial charge in [0.05, 0.1) is 23.5 Å². The molecular weight excluding hydrogens is 337 g/mol. The minimum absolute atomic E-state index is 0.0608. The number of amides is 1. The lowest BCUT2D eigenvalue weighted by atomic mass is 10.0. The van der Waals surface area contributed by atoms with Crippen LogP contribution >= 0.6 is 11.3 Å². The van der Waals surface area contributed by atoms with Crippen LogP contribution in [-0.4, -0.2) is 25.8 Å². The first-order valence-electron chi connectivity index (χ1n) is 7.24. The second-order valence-corrected chi connectivity index (χ2v) is 8.82. The van der Waals surface area contributed by atoms with Gasteiger partial charge in [-0.3, -0.25) is 4.79 Å². The molecule has 0 spiro atoms. The molecule has 122 valence electrons. The minimum Gasteiger partial charge on any atom is -0.344 e. The van der Waals surface area contributed by atoms with Gasteiger partial charge in [0.2, 0.25) is 5.91 Å². The van der Waals surface area contributed by atoms with Gasteiger partial charge in [0.1, 0.15) is 5.82 Å². The zero-order valence-electron chi connectivity index (χ0n) is 12.2. The van der Waals surface area contributed by atoms with Gasteiger partial charge < -0.3 is 5.32 Å². The molecule has 3 rings (SSSR count). The Kier molecular flexibility index (Phi) is 4.50. The SMILES string of the molecule is O=C(NC(c1ccc(F)cc1)c1cccs1)C1CCS(=O)(=O)C1. The van der Waals surface area contributed by atoms with E-state index >= 15 is 0 Å². The Hall–Kier alpha value is -1.73. The number of benzene rings is 1. The van der Waals surface area contributed by atoms with E-state index in [0.717, 1.165) is 10.4 Å². The van der Waals surface area contributed by atoms with Crippen LogP contribution in [0.1, 0.15) is 22.9 Å². The van der Waals surface area contributed by atoms with Gasteiger partial charge >= 0.3 is 0 Å². The Morgan fingerprint density at radius 3 is 2.57 bits per heavy atom. The molecule has 0 radical (unpaired) electrons. The maximum Gasteiger partial charge on any atom is 0.224 e. The summed E-state index contributed by atoms with van der Waals surface area (Å²) in [4.78, 5) is 13.4. The lowest BCUT2D eigenvalue weighted by Crippen LogP contribution is -2.34. The molecule has 4 nitrogen and oxygen atoms in total. The maximum absolute atomic E-state index is 13.1. The quantitative estimate of drug-likeness (QED) is 0.919. The van der Waals surface area contributed by atoms with Crippen LogP contribution in [-0.2, 0) is 14.6 Å². The summed E-state index contributed by atoms with van der Waals surface area (Å²) in [6.45, 7) is 0. The number of hydrogen-bond donors (Lipinski definition) is 1. The van der Waals surface area contributed by atoms with Crippen molar-refractivity contribution in [2.24, 2.45) is 5.92 Å². The third-order valence-electron chi connectivity index (χ3n) is 3.92. The molecule has 23 heavy (non-hydrogen) atoms. The molecule has 1 N–H and O–H groups in total. The van der Waals surface area contributed by atoms with Crippen molar-refractivity contribution in [3.8, 4) is 0 Å². The Balaban J connectivity index is 1.82. The molecule has 1 fully saturated rings. The Bertz CT molecular complexity index is 785. The molecule has 2 unspecified atom stereocenters. The summed E-state index contributed by atoms with van der Waals surface area (Å²) in [5.74, 6) is -1.16. The average molecular weight is 353 g/mol. The van der Waals surface area contributed by atoms with Crippen molar-refractivity contribution in [1.82, 2.24) is 5.32 Å². The number of hydrogen-bond acceptors (Lipinski definition) is 4. The standard InChI is InChI=1S/C16H16FNO3S2/c17-13-5-3-11(4-6-13)15(14-2-1-8-22-14)18-16(19)12-7-9-23(20,21)10-12/h1-6,8,12,15H,7,9-10H2,(H,18,19). The third kappa shape index (κ3) is 3.79. The second-order valence-electron chi connectivity index (χ2n) is 5.61. The fraction of sp³-hybridized carbons (Fsp3) is 0.312. The van der Waals surface area contributed by atoms with Gasteiger partial charge in [-0.1, -0.05) is 18.2 Å². The molecule has 1 aromatic heterocycles. The first kappa shape index (κ1) is 16.1. The number of nitrogens with one attached hydrogen (secondary N) is 1. The third-order valence-corrected chi connectivity index (χ3v) is 6.63. The highest BCUT2D eigenvalue weighted by Gasteiger charge is 2.34. The summed E-state index contributed by atoms with van der Waals surface area (Å²) in [5.41, 5.74) is 0.767. The van der Waals surface area contributed by atoms with Crippen molar-refractivity contribution < 1.29 is 17.6 Å². The molecule has 2 atom stereocenters. The molecule has 1 aliphatic rings. The van der Waals surface area contributed by atoms with E-state index in [-0.39, 0.29) is 23.2 Å². The topological polar surface area (TPSA) is 63.2 Å². The highest BCUT2D eigenvalue weighted by molar-refractivity contribution is 7.91. The van der Waals surface area contributed by atoms with E-state index in [1.54, 1.807) is 12.1 Å². The van der Waals surface area contributed by atoms with Crippen molar-refractivity contribution >= 4 is 27.1 Å². The Morgan fingerprint density at radius 2 is 2.00 bits per heavy atom. The van der Waals surface area contributed by atoms with Crippen LogP contribution in [0.15, 0.2) is 41.8 Å². The van der Waals surface area contributed by atoms with Crippen molar-refractivity contribution in [1.29, 1.82) is 0 Å². The first-order chi connectivity index (χ1) is 10.9. The summed E-state index contributed by atoms with van der Waals surface area (Å²) in [6, 6.07) is 9.33. The molecule has 2 aromatic rings. The van der Waals surface area contributed by atoms with Gasteiger partial charge in [-0.2, -0.15) is 0 Å². The number of carbonyl (C=O) groups is 1. The van der Waals surface area contributed by atoms with E-state index in [0.29, 0.717) is 6.42 Å². The van der Waals surface area contributed by atoms with Crippen molar-refractivity contribution in [3.63, 3.8) is 0 Å². The summed E-state index contributed by atoms with van der Waals surface area (Å²) in [6.07, 6.45) is 0.356. The minimum atomic E-state index is -3.11. The van der Waals surface area contributed by atoms with Gasteiger partial charge in [0.15, 0.2) is 9.84 Å². The van der Waals surface area contributed by atoms with Crippen LogP contribution in [0.2, 0.25) is 0 Å². The normalized spacial score (nSPS) is 21.0. The predicted molar refractivity (Wildman–Crippen MR) is 87.5 cm³/mol. The Morgan fingerprint density at radius 1 is 1.26 bits per heavy atom. The van der Waals surface area contributed by atoms with Crippen molar-refractivity contribution in [2.45, 2.75) is 12.5 Å². The summed E-state index contributed by atoms with van der Waals surface area (Å²) in [7, 11) is -3.11. The largest absolute Gasteiger partial charge is 0.344 e. The number of halogens is 1. The van der Waals surface area contributed by atoms with Crippen LogP contribution in [0.3, 0.4) is 0 Å². The van der Waals surface area contributed by atoms with E-state index in [4.69, 9.17) is 0 Å². The van der Waals surface area contributed by atoms with E-state index < -0.39 is 21.8 Å². The summed E-state index contributed by atoms with van der Waals surface area (Å²) >= 11 is 1.49. The van der Waals surface area contributed by atoms with Crippen LogP contribution in [0.25, 0.3) is 0 Å². The predicted octanol–water partition coefficient (Wildman–Crippen LogP) is 2.53. The summed E-state index contributed by atoms with van der Waals surface area (Å²) in [5, 5.41) is 4.82. The van der Waals surface area contributed by atoms with E-state index in [1.807, 2.05) is 17.5 Å². The molecule has 0 bridgehead atoms. The fourth-order valence-corrected chi connectivity index (χ4v) is 5.24. The Labute approximate surface area is 138 Å². The lowest BCUT2D eigenvalue weighted by Gasteiger charge is -2.20. The molecular formula is C16H16FNO3S2. The molecule has 1 amide bonds. The van der Waals surface area contributed by atoms with Gasteiger partial charge in [0.25, 0.3) is 0 Å². The maximum atomic E-state index is 13.1. The lowest BCUT2D eigenvalue weighted by molar-refractivity contribution is -0.124. The van der Waals surface area contributed by atoms with E-state index in [1.165, 1.54) is 23.5 Å². The molecule has 1 aromatic carbocycles. The van der Waals surface area contributed by atoms with Crippen molar-refractivity contribution in [2.75, 3.05) is 11.5 Å². The van der Waals surface area contributed by atoms with Gasteiger partial charge in [-0.15, -0.1) is 11.3 Å². The van der Waals surface area contributed by atoms with Crippen LogP contribution in [0.4, 0.5) is 4.39 Å². The fourth-order valence-electron chi connectivity index (χ4n) is 2.69. The monoisotopic (exact) mass is 353 g/mol. The number of thiophene rings is 1. The number of rotatable bonds is 4. The van der Waals surface area contributed by atoms with E-state index in [9.17, 15) is 17.6 Å². The van der Waals surface area contributed by atoms with Gasteiger partial charge in [-0.05, 0) is 35.6 Å². The highest BCUT2D eigenvalue weighted by atomic mass is 32.2. The summed E-state index contributed by atoms with van der Waals surface area (Å²) < 4.78 is 36.2.